The smallest absolute Gasteiger partial charge is 0.263 e. The van der Waals surface area contributed by atoms with Crippen molar-refractivity contribution in [2.75, 3.05) is 19.5 Å². The number of benzene rings is 2. The summed E-state index contributed by atoms with van der Waals surface area (Å²) >= 11 is 0. The van der Waals surface area contributed by atoms with E-state index in [1.54, 1.807) is 43.2 Å². The summed E-state index contributed by atoms with van der Waals surface area (Å²) in [7, 11) is 3.16. The summed E-state index contributed by atoms with van der Waals surface area (Å²) < 4.78 is 12.0. The average Bonchev–Trinajstić information content (AvgIpc) is 3.21. The van der Waals surface area contributed by atoms with Crippen molar-refractivity contribution in [1.29, 1.82) is 0 Å². The number of nitro groups is 1. The van der Waals surface area contributed by atoms with Crippen LogP contribution >= 0.6 is 0 Å². The minimum absolute atomic E-state index is 0.262. The highest BCUT2D eigenvalue weighted by Crippen LogP contribution is 2.39. The lowest BCUT2D eigenvalue weighted by atomic mass is 9.88. The van der Waals surface area contributed by atoms with Gasteiger partial charge in [-0.1, -0.05) is 24.3 Å². The highest BCUT2D eigenvalue weighted by atomic mass is 16.6. The summed E-state index contributed by atoms with van der Waals surface area (Å²) in [6, 6.07) is 12.2. The predicted molar refractivity (Wildman–Crippen MR) is 101 cm³/mol. The lowest BCUT2D eigenvalue weighted by Gasteiger charge is -2.34. The van der Waals surface area contributed by atoms with E-state index in [4.69, 9.17) is 9.47 Å². The van der Waals surface area contributed by atoms with Crippen LogP contribution in [0.5, 0.6) is 11.5 Å². The predicted octanol–water partition coefficient (Wildman–Crippen LogP) is 2.70. The second-order valence-corrected chi connectivity index (χ2v) is 6.42. The molecule has 0 fully saturated rings. The Kier molecular flexibility index (Phi) is 4.56. The van der Waals surface area contributed by atoms with Crippen molar-refractivity contribution < 1.29 is 14.4 Å². The van der Waals surface area contributed by atoms with Crippen molar-refractivity contribution in [3.05, 3.63) is 76.1 Å². The van der Waals surface area contributed by atoms with Crippen molar-refractivity contribution in [3.8, 4) is 11.5 Å². The molecular weight excluding hydrogens is 362 g/mol. The van der Waals surface area contributed by atoms with Gasteiger partial charge in [0.15, 0.2) is 6.04 Å². The van der Waals surface area contributed by atoms with E-state index < -0.39 is 18.1 Å². The maximum Gasteiger partial charge on any atom is 0.263 e. The van der Waals surface area contributed by atoms with Crippen LogP contribution in [-0.2, 0) is 0 Å². The number of methoxy groups -OCH3 is 2. The highest BCUT2D eigenvalue weighted by molar-refractivity contribution is 5.42. The average molecular weight is 381 g/mol. The summed E-state index contributed by atoms with van der Waals surface area (Å²) in [5, 5.41) is 19.6. The first-order valence-electron chi connectivity index (χ1n) is 8.70. The van der Waals surface area contributed by atoms with E-state index in [0.717, 1.165) is 11.1 Å². The second kappa shape index (κ2) is 7.18. The first-order valence-corrected chi connectivity index (χ1v) is 8.70. The number of aromatic nitrogens is 3. The Hall–Kier alpha value is -3.62. The number of anilines is 1. The van der Waals surface area contributed by atoms with Gasteiger partial charge in [0.1, 0.15) is 23.9 Å². The number of hydrogen-bond donors (Lipinski definition) is 1. The minimum Gasteiger partial charge on any atom is -0.497 e. The molecule has 2 aromatic carbocycles. The van der Waals surface area contributed by atoms with Gasteiger partial charge in [-0.15, -0.1) is 0 Å². The molecule has 0 bridgehead atoms. The Bertz CT molecular complexity index is 971. The molecule has 28 heavy (non-hydrogen) atoms. The number of nitrogens with zero attached hydrogens (tertiary/aromatic N) is 4. The number of ether oxygens (including phenoxy) is 2. The summed E-state index contributed by atoms with van der Waals surface area (Å²) in [5.41, 5.74) is 1.53. The first-order chi connectivity index (χ1) is 13.6. The molecule has 2 heterocycles. The Morgan fingerprint density at radius 1 is 1.00 bits per heavy atom. The molecule has 0 radical (unpaired) electrons. The van der Waals surface area contributed by atoms with Crippen LogP contribution in [0.1, 0.15) is 23.2 Å². The lowest BCUT2D eigenvalue weighted by molar-refractivity contribution is -0.532. The molecule has 1 aliphatic rings. The molecule has 0 spiro atoms. The van der Waals surface area contributed by atoms with Gasteiger partial charge in [0.25, 0.3) is 6.04 Å². The molecule has 1 aliphatic heterocycles. The Balaban J connectivity index is 1.81. The van der Waals surface area contributed by atoms with Crippen LogP contribution in [0.25, 0.3) is 0 Å². The van der Waals surface area contributed by atoms with Gasteiger partial charge in [-0.25, -0.2) is 4.68 Å². The molecule has 0 saturated carbocycles. The van der Waals surface area contributed by atoms with Gasteiger partial charge in [0.2, 0.25) is 5.95 Å². The van der Waals surface area contributed by atoms with Crippen molar-refractivity contribution >= 4 is 5.95 Å². The van der Waals surface area contributed by atoms with Crippen LogP contribution in [0.4, 0.5) is 5.95 Å². The van der Waals surface area contributed by atoms with Crippen LogP contribution in [0.3, 0.4) is 0 Å². The standard InChI is InChI=1S/C19H19N5O4/c1-27-14-7-3-12(4-8-14)16-18(24(25)26)17(23-19(22-16)20-11-21-23)13-5-9-15(28-2)10-6-13/h3-11,16-18H,1-2H3,(H,20,21,22). The fourth-order valence-corrected chi connectivity index (χ4v) is 3.58. The monoisotopic (exact) mass is 381 g/mol. The molecular formula is C19H19N5O4. The molecule has 9 nitrogen and oxygen atoms in total. The third kappa shape index (κ3) is 3.00. The molecule has 144 valence electrons. The molecule has 3 atom stereocenters. The van der Waals surface area contributed by atoms with Gasteiger partial charge in [0, 0.05) is 4.92 Å². The zero-order valence-electron chi connectivity index (χ0n) is 15.4. The van der Waals surface area contributed by atoms with Crippen LogP contribution in [-0.4, -0.2) is 39.9 Å². The normalized spacial score (nSPS) is 20.7. The van der Waals surface area contributed by atoms with E-state index in [0.29, 0.717) is 17.4 Å². The Labute approximate surface area is 161 Å². The highest BCUT2D eigenvalue weighted by Gasteiger charge is 2.47. The van der Waals surface area contributed by atoms with Crippen LogP contribution in [0, 0.1) is 10.1 Å². The number of nitrogens with one attached hydrogen (secondary N) is 1. The lowest BCUT2D eigenvalue weighted by Crippen LogP contribution is -2.45. The van der Waals surface area contributed by atoms with E-state index >= 15 is 0 Å². The third-order valence-electron chi connectivity index (χ3n) is 4.96. The van der Waals surface area contributed by atoms with Crippen LogP contribution < -0.4 is 14.8 Å². The van der Waals surface area contributed by atoms with Crippen molar-refractivity contribution in [2.24, 2.45) is 0 Å². The van der Waals surface area contributed by atoms with E-state index in [9.17, 15) is 10.1 Å². The zero-order valence-corrected chi connectivity index (χ0v) is 15.4. The minimum atomic E-state index is -0.990. The zero-order chi connectivity index (χ0) is 19.7. The molecule has 0 aliphatic carbocycles. The maximum absolute atomic E-state index is 12.2. The van der Waals surface area contributed by atoms with Crippen molar-refractivity contribution in [2.45, 2.75) is 18.1 Å². The third-order valence-corrected chi connectivity index (χ3v) is 4.96. The molecule has 4 rings (SSSR count). The quantitative estimate of drug-likeness (QED) is 0.535. The van der Waals surface area contributed by atoms with Gasteiger partial charge < -0.3 is 14.8 Å². The fourth-order valence-electron chi connectivity index (χ4n) is 3.58. The number of hydrogen-bond acceptors (Lipinski definition) is 7. The summed E-state index contributed by atoms with van der Waals surface area (Å²) in [5.74, 6) is 1.85. The van der Waals surface area contributed by atoms with E-state index in [1.807, 2.05) is 24.3 Å². The fraction of sp³-hybridized carbons (Fsp3) is 0.263. The van der Waals surface area contributed by atoms with Gasteiger partial charge in [-0.3, -0.25) is 10.1 Å². The Morgan fingerprint density at radius 3 is 2.11 bits per heavy atom. The molecule has 1 aromatic heterocycles. The first kappa shape index (κ1) is 17.8. The molecule has 3 unspecified atom stereocenters. The van der Waals surface area contributed by atoms with Gasteiger partial charge in [0.05, 0.1) is 14.2 Å². The maximum atomic E-state index is 12.2. The topological polar surface area (TPSA) is 104 Å². The summed E-state index contributed by atoms with van der Waals surface area (Å²) in [6.45, 7) is 0. The SMILES string of the molecule is COc1ccc(C2Nc3ncnn3C(c3ccc(OC)cc3)C2[N+](=O)[O-])cc1. The van der Waals surface area contributed by atoms with E-state index in [1.165, 1.54) is 6.33 Å². The molecule has 0 saturated heterocycles. The number of rotatable bonds is 5. The summed E-state index contributed by atoms with van der Waals surface area (Å²) in [6.07, 6.45) is 1.40. The molecule has 1 N–H and O–H groups in total. The largest absolute Gasteiger partial charge is 0.497 e. The second-order valence-electron chi connectivity index (χ2n) is 6.42. The number of fused-ring (bicyclic) bond motifs is 1. The van der Waals surface area contributed by atoms with Crippen LogP contribution in [0.15, 0.2) is 54.9 Å². The van der Waals surface area contributed by atoms with Gasteiger partial charge in [-0.05, 0) is 35.4 Å². The van der Waals surface area contributed by atoms with Gasteiger partial charge in [-0.2, -0.15) is 10.1 Å². The molecule has 0 amide bonds. The van der Waals surface area contributed by atoms with Crippen LogP contribution in [0.2, 0.25) is 0 Å². The van der Waals surface area contributed by atoms with Gasteiger partial charge >= 0.3 is 0 Å². The molecule has 3 aromatic rings. The summed E-state index contributed by atoms with van der Waals surface area (Å²) in [4.78, 5) is 16.1. The van der Waals surface area contributed by atoms with E-state index in [-0.39, 0.29) is 4.92 Å². The van der Waals surface area contributed by atoms with Crippen molar-refractivity contribution in [1.82, 2.24) is 14.8 Å². The van der Waals surface area contributed by atoms with Crippen molar-refractivity contribution in [3.63, 3.8) is 0 Å². The Morgan fingerprint density at radius 2 is 1.57 bits per heavy atom. The van der Waals surface area contributed by atoms with E-state index in [2.05, 4.69) is 15.4 Å². The molecule has 9 heteroatoms.